The Morgan fingerprint density at radius 2 is 2.00 bits per heavy atom. The predicted molar refractivity (Wildman–Crippen MR) is 48.2 cm³/mol. The first-order chi connectivity index (χ1) is 7.25. The van der Waals surface area contributed by atoms with E-state index in [9.17, 15) is 9.59 Å². The van der Waals surface area contributed by atoms with Crippen LogP contribution in [0.3, 0.4) is 0 Å². The third kappa shape index (κ3) is 0.506. The molecule has 1 saturated heterocycles. The molecule has 0 N–H and O–H groups in total. The molecule has 4 fully saturated rings. The van der Waals surface area contributed by atoms with Gasteiger partial charge in [0.2, 0.25) is 0 Å². The van der Waals surface area contributed by atoms with E-state index < -0.39 is 0 Å². The van der Waals surface area contributed by atoms with Crippen molar-refractivity contribution in [3.05, 3.63) is 12.2 Å². The molecular formula is C12H10O3. The third-order valence-electron chi connectivity index (χ3n) is 5.56. The maximum atomic E-state index is 11.7. The molecule has 76 valence electrons. The highest BCUT2D eigenvalue weighted by atomic mass is 16.6. The first-order valence-corrected chi connectivity index (χ1v) is 5.69. The Hall–Kier alpha value is -1.12. The van der Waals surface area contributed by atoms with Crippen molar-refractivity contribution in [1.82, 2.24) is 0 Å². The van der Waals surface area contributed by atoms with Crippen molar-refractivity contribution in [3.63, 3.8) is 0 Å². The van der Waals surface area contributed by atoms with Crippen LogP contribution in [0.5, 0.6) is 0 Å². The van der Waals surface area contributed by atoms with Gasteiger partial charge in [0.05, 0.1) is 11.8 Å². The Balaban J connectivity index is 1.74. The fraction of sp³-hybridized carbons (Fsp3) is 0.667. The second kappa shape index (κ2) is 1.68. The molecule has 1 spiro atoms. The summed E-state index contributed by atoms with van der Waals surface area (Å²) in [5.74, 6) is 1.41. The molecule has 5 aliphatic carbocycles. The maximum Gasteiger partial charge on any atom is 0.318 e. The number of esters is 2. The number of carbonyl (C=O) groups excluding carboxylic acids is 2. The summed E-state index contributed by atoms with van der Waals surface area (Å²) in [6, 6.07) is 0. The monoisotopic (exact) mass is 202 g/mol. The van der Waals surface area contributed by atoms with E-state index in [4.69, 9.17) is 4.74 Å². The van der Waals surface area contributed by atoms with Crippen molar-refractivity contribution < 1.29 is 14.3 Å². The Bertz CT molecular complexity index is 465. The average Bonchev–Trinajstić information content (AvgIpc) is 3.01. The van der Waals surface area contributed by atoms with Crippen LogP contribution in [0.15, 0.2) is 12.2 Å². The number of rotatable bonds is 0. The minimum atomic E-state index is -0.259. The Kier molecular flexibility index (Phi) is 0.807. The quantitative estimate of drug-likeness (QED) is 0.331. The lowest BCUT2D eigenvalue weighted by Crippen LogP contribution is -2.44. The lowest BCUT2D eigenvalue weighted by atomic mass is 9.58. The van der Waals surface area contributed by atoms with E-state index in [1.807, 2.05) is 0 Å². The van der Waals surface area contributed by atoms with Crippen molar-refractivity contribution in [2.45, 2.75) is 6.42 Å². The van der Waals surface area contributed by atoms with Gasteiger partial charge in [-0.05, 0) is 35.5 Å². The van der Waals surface area contributed by atoms with E-state index in [0.717, 1.165) is 5.92 Å². The minimum Gasteiger partial charge on any atom is -0.393 e. The minimum absolute atomic E-state index is 0.128. The molecule has 1 heterocycles. The Labute approximate surface area is 86.5 Å². The maximum absolute atomic E-state index is 11.7. The van der Waals surface area contributed by atoms with Crippen molar-refractivity contribution in [2.75, 3.05) is 0 Å². The molecule has 1 aliphatic heterocycles. The normalized spacial score (nSPS) is 65.9. The van der Waals surface area contributed by atoms with Gasteiger partial charge in [0.1, 0.15) is 0 Å². The molecule has 0 amide bonds. The molecule has 3 nitrogen and oxygen atoms in total. The summed E-state index contributed by atoms with van der Waals surface area (Å²) in [4.78, 5) is 23.3. The number of hydrogen-bond acceptors (Lipinski definition) is 3. The zero-order valence-electron chi connectivity index (χ0n) is 8.05. The molecule has 7 atom stereocenters. The fourth-order valence-corrected chi connectivity index (χ4v) is 4.87. The number of carbonyl (C=O) groups is 2. The molecule has 0 aromatic heterocycles. The molecule has 3 unspecified atom stereocenters. The lowest BCUT2D eigenvalue weighted by Gasteiger charge is -2.41. The van der Waals surface area contributed by atoms with Crippen LogP contribution >= 0.6 is 0 Å². The van der Waals surface area contributed by atoms with Crippen LogP contribution in [0.1, 0.15) is 6.42 Å². The highest BCUT2D eigenvalue weighted by Gasteiger charge is 2.88. The highest BCUT2D eigenvalue weighted by Crippen LogP contribution is 2.90. The van der Waals surface area contributed by atoms with Gasteiger partial charge in [-0.3, -0.25) is 9.59 Å². The molecule has 15 heavy (non-hydrogen) atoms. The number of allylic oxidation sites excluding steroid dienone is 2. The number of hydrogen-bond donors (Lipinski definition) is 0. The molecular weight excluding hydrogens is 192 g/mol. The summed E-state index contributed by atoms with van der Waals surface area (Å²) in [5, 5.41) is 0. The van der Waals surface area contributed by atoms with Gasteiger partial charge in [-0.2, -0.15) is 0 Å². The van der Waals surface area contributed by atoms with E-state index >= 15 is 0 Å². The lowest BCUT2D eigenvalue weighted by molar-refractivity contribution is -0.154. The van der Waals surface area contributed by atoms with Crippen LogP contribution in [0, 0.1) is 40.9 Å². The van der Waals surface area contributed by atoms with E-state index in [1.54, 1.807) is 0 Å². The molecule has 0 aromatic carbocycles. The summed E-state index contributed by atoms with van der Waals surface area (Å²) in [6.45, 7) is 0. The first kappa shape index (κ1) is 7.20. The van der Waals surface area contributed by atoms with Gasteiger partial charge in [-0.1, -0.05) is 12.2 Å². The third-order valence-corrected chi connectivity index (χ3v) is 5.56. The summed E-state index contributed by atoms with van der Waals surface area (Å²) >= 11 is 0. The van der Waals surface area contributed by atoms with Crippen LogP contribution in [-0.2, 0) is 14.3 Å². The van der Waals surface area contributed by atoms with Crippen molar-refractivity contribution in [2.24, 2.45) is 40.9 Å². The van der Waals surface area contributed by atoms with Gasteiger partial charge >= 0.3 is 11.9 Å². The Morgan fingerprint density at radius 3 is 2.80 bits per heavy atom. The molecule has 2 bridgehead atoms. The summed E-state index contributed by atoms with van der Waals surface area (Å²) < 4.78 is 4.80. The van der Waals surface area contributed by atoms with Crippen LogP contribution in [0.4, 0.5) is 0 Å². The largest absolute Gasteiger partial charge is 0.393 e. The predicted octanol–water partition coefficient (Wildman–Crippen LogP) is 0.754. The topological polar surface area (TPSA) is 43.4 Å². The molecule has 0 aromatic rings. The smallest absolute Gasteiger partial charge is 0.318 e. The van der Waals surface area contributed by atoms with Crippen LogP contribution in [0.25, 0.3) is 0 Å². The molecule has 6 aliphatic rings. The van der Waals surface area contributed by atoms with E-state index in [2.05, 4.69) is 12.2 Å². The van der Waals surface area contributed by atoms with Crippen molar-refractivity contribution >= 4 is 11.9 Å². The zero-order valence-corrected chi connectivity index (χ0v) is 8.05. The van der Waals surface area contributed by atoms with E-state index in [-0.39, 0.29) is 23.8 Å². The first-order valence-electron chi connectivity index (χ1n) is 5.69. The van der Waals surface area contributed by atoms with Gasteiger partial charge in [0, 0.05) is 0 Å². The second-order valence-electron chi connectivity index (χ2n) is 5.73. The molecule has 3 heteroatoms. The van der Waals surface area contributed by atoms with Gasteiger partial charge in [0.25, 0.3) is 0 Å². The highest BCUT2D eigenvalue weighted by molar-refractivity contribution is 5.98. The van der Waals surface area contributed by atoms with E-state index in [0.29, 0.717) is 23.2 Å². The molecule has 6 rings (SSSR count). The summed E-state index contributed by atoms with van der Waals surface area (Å²) in [7, 11) is 0. The fourth-order valence-electron chi connectivity index (χ4n) is 4.87. The molecule has 0 radical (unpaired) electrons. The number of cyclic esters (lactones) is 2. The standard InChI is InChI=1S/C12H10O3/c13-10-7-4-1-2-5(8(7)11(14)15-10)12-3-6(12)9(4)12/h1-2,4-9H,3H2/t4?,5?,6-,7+,8-,9?,12-/m1/s1. The van der Waals surface area contributed by atoms with Gasteiger partial charge in [-0.15, -0.1) is 0 Å². The van der Waals surface area contributed by atoms with Crippen LogP contribution in [0.2, 0.25) is 0 Å². The van der Waals surface area contributed by atoms with E-state index in [1.165, 1.54) is 6.42 Å². The summed E-state index contributed by atoms with van der Waals surface area (Å²) in [6.07, 6.45) is 5.65. The van der Waals surface area contributed by atoms with Crippen molar-refractivity contribution in [1.29, 1.82) is 0 Å². The Morgan fingerprint density at radius 1 is 1.20 bits per heavy atom. The molecule has 3 saturated carbocycles. The summed E-state index contributed by atoms with van der Waals surface area (Å²) in [5.41, 5.74) is 0.449. The number of ether oxygens (including phenoxy) is 1. The SMILES string of the molecule is O=C1OC(=O)[C@H]2C3C=CC([C@@H]12)[C@]12C[C@@H]1C32. The van der Waals surface area contributed by atoms with Gasteiger partial charge in [0.15, 0.2) is 0 Å². The van der Waals surface area contributed by atoms with Gasteiger partial charge in [-0.25, -0.2) is 0 Å². The zero-order chi connectivity index (χ0) is 9.95. The van der Waals surface area contributed by atoms with Crippen molar-refractivity contribution in [3.8, 4) is 0 Å². The average molecular weight is 202 g/mol. The van der Waals surface area contributed by atoms with Gasteiger partial charge < -0.3 is 4.74 Å². The van der Waals surface area contributed by atoms with Crippen LogP contribution < -0.4 is 0 Å². The second-order valence-corrected chi connectivity index (χ2v) is 5.73. The van der Waals surface area contributed by atoms with Crippen LogP contribution in [-0.4, -0.2) is 11.9 Å².